The average Bonchev–Trinajstić information content (AvgIpc) is 3.22. The molecule has 7 heteroatoms. The third-order valence-electron chi connectivity index (χ3n) is 4.00. The molecule has 1 aromatic heterocycles. The highest BCUT2D eigenvalue weighted by atomic mass is 35.5. The molecule has 3 aromatic rings. The normalized spacial score (nSPS) is 11.6. The molecule has 0 saturated carbocycles. The minimum Gasteiger partial charge on any atom is -0.459 e. The summed E-state index contributed by atoms with van der Waals surface area (Å²) in [6.07, 6.45) is 0.325. The summed E-state index contributed by atoms with van der Waals surface area (Å²) in [6.45, 7) is -0.00496. The lowest BCUT2D eigenvalue weighted by Crippen LogP contribution is -2.43. The number of thiophene rings is 1. The van der Waals surface area contributed by atoms with E-state index in [0.717, 1.165) is 5.56 Å². The second-order valence-corrected chi connectivity index (χ2v) is 7.83. The number of hydrogen-bond acceptors (Lipinski definition) is 4. The molecule has 4 nitrogen and oxygen atoms in total. The number of carbonyl (C=O) groups is 2. The standard InChI is InChI=1S/C21H17Cl2NO3S/c22-16-9-8-15(17(23)12-16)13-27-21(26)18(11-14-5-2-1-3-6-14)24-20(25)19-7-4-10-28-19/h1-10,12,18H,11,13H2,(H,24,25). The molecule has 28 heavy (non-hydrogen) atoms. The molecule has 0 bridgehead atoms. The van der Waals surface area contributed by atoms with Crippen molar-refractivity contribution in [2.75, 3.05) is 0 Å². The number of benzene rings is 2. The highest BCUT2D eigenvalue weighted by molar-refractivity contribution is 7.12. The lowest BCUT2D eigenvalue weighted by atomic mass is 10.1. The Bertz CT molecular complexity index is 946. The van der Waals surface area contributed by atoms with Gasteiger partial charge in [0, 0.05) is 22.0 Å². The van der Waals surface area contributed by atoms with Gasteiger partial charge in [0.2, 0.25) is 0 Å². The fourth-order valence-corrected chi connectivity index (χ4v) is 3.66. The van der Waals surface area contributed by atoms with Crippen LogP contribution in [0, 0.1) is 0 Å². The summed E-state index contributed by atoms with van der Waals surface area (Å²) in [7, 11) is 0. The molecule has 1 amide bonds. The van der Waals surface area contributed by atoms with Crippen molar-refractivity contribution >= 4 is 46.4 Å². The number of nitrogens with one attached hydrogen (secondary N) is 1. The average molecular weight is 434 g/mol. The van der Waals surface area contributed by atoms with Gasteiger partial charge >= 0.3 is 5.97 Å². The second kappa shape index (κ2) is 9.73. The van der Waals surface area contributed by atoms with Crippen LogP contribution in [0.5, 0.6) is 0 Å². The molecule has 1 atom stereocenters. The molecular weight excluding hydrogens is 417 g/mol. The van der Waals surface area contributed by atoms with E-state index in [1.54, 1.807) is 30.3 Å². The molecule has 0 aliphatic carbocycles. The number of esters is 1. The SMILES string of the molecule is O=C(NC(Cc1ccccc1)C(=O)OCc1ccc(Cl)cc1Cl)c1cccs1. The van der Waals surface area contributed by atoms with Crippen LogP contribution in [-0.2, 0) is 22.6 Å². The van der Waals surface area contributed by atoms with Gasteiger partial charge in [0.25, 0.3) is 5.91 Å². The second-order valence-electron chi connectivity index (χ2n) is 6.04. The molecule has 1 heterocycles. The van der Waals surface area contributed by atoms with Gasteiger partial charge in [-0.05, 0) is 29.1 Å². The van der Waals surface area contributed by atoms with Crippen LogP contribution >= 0.6 is 34.5 Å². The Morgan fingerprint density at radius 3 is 2.50 bits per heavy atom. The van der Waals surface area contributed by atoms with Crippen LogP contribution < -0.4 is 5.32 Å². The summed E-state index contributed by atoms with van der Waals surface area (Å²) in [6, 6.07) is 17.1. The van der Waals surface area contributed by atoms with E-state index >= 15 is 0 Å². The van der Waals surface area contributed by atoms with Crippen LogP contribution in [0.1, 0.15) is 20.8 Å². The number of amides is 1. The zero-order valence-corrected chi connectivity index (χ0v) is 17.1. The van der Waals surface area contributed by atoms with Crippen molar-refractivity contribution in [3.63, 3.8) is 0 Å². The van der Waals surface area contributed by atoms with Crippen molar-refractivity contribution in [1.29, 1.82) is 0 Å². The summed E-state index contributed by atoms with van der Waals surface area (Å²) in [5, 5.41) is 5.50. The molecule has 0 saturated heterocycles. The van der Waals surface area contributed by atoms with E-state index in [0.29, 0.717) is 26.9 Å². The number of carbonyl (C=O) groups excluding carboxylic acids is 2. The van der Waals surface area contributed by atoms with Crippen molar-refractivity contribution in [3.05, 3.63) is 92.1 Å². The summed E-state index contributed by atoms with van der Waals surface area (Å²) < 4.78 is 5.42. The van der Waals surface area contributed by atoms with Crippen LogP contribution in [0.2, 0.25) is 10.0 Å². The predicted molar refractivity (Wildman–Crippen MR) is 112 cm³/mol. The zero-order valence-electron chi connectivity index (χ0n) is 14.7. The Morgan fingerprint density at radius 2 is 1.82 bits per heavy atom. The number of halogens is 2. The highest BCUT2D eigenvalue weighted by Gasteiger charge is 2.24. The topological polar surface area (TPSA) is 55.4 Å². The first-order chi connectivity index (χ1) is 13.5. The Morgan fingerprint density at radius 1 is 1.04 bits per heavy atom. The van der Waals surface area contributed by atoms with Gasteiger partial charge in [-0.3, -0.25) is 4.79 Å². The van der Waals surface area contributed by atoms with Gasteiger partial charge < -0.3 is 10.1 Å². The molecule has 0 fully saturated rings. The van der Waals surface area contributed by atoms with Crippen molar-refractivity contribution in [2.45, 2.75) is 19.1 Å². The quantitative estimate of drug-likeness (QED) is 0.524. The van der Waals surface area contributed by atoms with Gasteiger partial charge in [0.05, 0.1) is 4.88 Å². The number of rotatable bonds is 7. The summed E-state index contributed by atoms with van der Waals surface area (Å²) >= 11 is 13.3. The van der Waals surface area contributed by atoms with Gasteiger partial charge in [-0.1, -0.05) is 65.7 Å². The first kappa shape index (κ1) is 20.4. The molecule has 1 N–H and O–H groups in total. The van der Waals surface area contributed by atoms with E-state index in [-0.39, 0.29) is 12.5 Å². The minimum absolute atomic E-state index is 0.00496. The molecule has 3 rings (SSSR count). The van der Waals surface area contributed by atoms with Gasteiger partial charge in [-0.2, -0.15) is 0 Å². The maximum absolute atomic E-state index is 12.7. The third kappa shape index (κ3) is 5.58. The molecular formula is C21H17Cl2NO3S. The van der Waals surface area contributed by atoms with Crippen LogP contribution in [0.3, 0.4) is 0 Å². The monoisotopic (exact) mass is 433 g/mol. The van der Waals surface area contributed by atoms with E-state index in [1.165, 1.54) is 11.3 Å². The Kier molecular flexibility index (Phi) is 7.09. The van der Waals surface area contributed by atoms with Gasteiger partial charge in [-0.25, -0.2) is 4.79 Å². The Labute approximate surface area is 177 Å². The Hall–Kier alpha value is -2.34. The lowest BCUT2D eigenvalue weighted by molar-refractivity contribution is -0.147. The van der Waals surface area contributed by atoms with Crippen molar-refractivity contribution in [3.8, 4) is 0 Å². The predicted octanol–water partition coefficient (Wildman–Crippen LogP) is 5.14. The summed E-state index contributed by atoms with van der Waals surface area (Å²) in [5.41, 5.74) is 1.56. The number of hydrogen-bond donors (Lipinski definition) is 1. The van der Waals surface area contributed by atoms with E-state index in [2.05, 4.69) is 5.32 Å². The largest absolute Gasteiger partial charge is 0.459 e. The Balaban J connectivity index is 1.71. The molecule has 0 aliphatic rings. The zero-order chi connectivity index (χ0) is 19.9. The highest BCUT2D eigenvalue weighted by Crippen LogP contribution is 2.22. The molecule has 0 spiro atoms. The molecule has 144 valence electrons. The van der Waals surface area contributed by atoms with Crippen LogP contribution in [0.4, 0.5) is 0 Å². The summed E-state index contributed by atoms with van der Waals surface area (Å²) in [5.74, 6) is -0.836. The fraction of sp³-hybridized carbons (Fsp3) is 0.143. The van der Waals surface area contributed by atoms with Crippen LogP contribution in [-0.4, -0.2) is 17.9 Å². The van der Waals surface area contributed by atoms with Gasteiger partial charge in [0.15, 0.2) is 0 Å². The van der Waals surface area contributed by atoms with E-state index < -0.39 is 12.0 Å². The van der Waals surface area contributed by atoms with Crippen LogP contribution in [0.25, 0.3) is 0 Å². The minimum atomic E-state index is -0.817. The van der Waals surface area contributed by atoms with Gasteiger partial charge in [0.1, 0.15) is 12.6 Å². The first-order valence-corrected chi connectivity index (χ1v) is 10.2. The molecule has 1 unspecified atom stereocenters. The third-order valence-corrected chi connectivity index (χ3v) is 5.46. The van der Waals surface area contributed by atoms with Crippen molar-refractivity contribution in [1.82, 2.24) is 5.32 Å². The smallest absolute Gasteiger partial charge is 0.329 e. The van der Waals surface area contributed by atoms with Gasteiger partial charge in [-0.15, -0.1) is 11.3 Å². The maximum atomic E-state index is 12.7. The molecule has 2 aromatic carbocycles. The fourth-order valence-electron chi connectivity index (χ4n) is 2.57. The van der Waals surface area contributed by atoms with Crippen molar-refractivity contribution < 1.29 is 14.3 Å². The number of ether oxygens (including phenoxy) is 1. The first-order valence-electron chi connectivity index (χ1n) is 8.52. The van der Waals surface area contributed by atoms with E-state index in [9.17, 15) is 9.59 Å². The van der Waals surface area contributed by atoms with E-state index in [4.69, 9.17) is 27.9 Å². The molecule has 0 aliphatic heterocycles. The maximum Gasteiger partial charge on any atom is 0.329 e. The summed E-state index contributed by atoms with van der Waals surface area (Å²) in [4.78, 5) is 25.7. The van der Waals surface area contributed by atoms with Crippen molar-refractivity contribution in [2.24, 2.45) is 0 Å². The lowest BCUT2D eigenvalue weighted by Gasteiger charge is -2.18. The van der Waals surface area contributed by atoms with Crippen LogP contribution in [0.15, 0.2) is 66.0 Å². The van der Waals surface area contributed by atoms with E-state index in [1.807, 2.05) is 35.7 Å². The molecule has 0 radical (unpaired) electrons.